The Morgan fingerprint density at radius 3 is 2.44 bits per heavy atom. The van der Waals surface area contributed by atoms with Crippen LogP contribution in [0.4, 0.5) is 5.69 Å². The van der Waals surface area contributed by atoms with E-state index in [-0.39, 0.29) is 10.6 Å². The molecule has 0 saturated carbocycles. The van der Waals surface area contributed by atoms with Crippen molar-refractivity contribution >= 4 is 39.4 Å². The van der Waals surface area contributed by atoms with E-state index in [1.54, 1.807) is 38.1 Å². The number of rotatable bonds is 8. The molecular formula is C21H21N3O7S. The number of hydrogen-bond donors (Lipinski definition) is 2. The molecule has 3 rings (SSSR count). The predicted octanol–water partition coefficient (Wildman–Crippen LogP) is 2.00. The molecule has 0 saturated heterocycles. The molecule has 0 fully saturated rings. The van der Waals surface area contributed by atoms with Gasteiger partial charge in [0, 0.05) is 0 Å². The maximum Gasteiger partial charge on any atom is 0.341 e. The zero-order valence-corrected chi connectivity index (χ0v) is 18.1. The number of benzene rings is 2. The van der Waals surface area contributed by atoms with Crippen molar-refractivity contribution in [2.24, 2.45) is 10.2 Å². The summed E-state index contributed by atoms with van der Waals surface area (Å²) in [6.45, 7) is 3.29. The largest absolute Gasteiger partial charge is 0.490 e. The van der Waals surface area contributed by atoms with E-state index in [1.807, 2.05) is 0 Å². The Morgan fingerprint density at radius 1 is 1.16 bits per heavy atom. The maximum atomic E-state index is 12.9. The fourth-order valence-corrected chi connectivity index (χ4v) is 3.46. The molecule has 0 atom stereocenters. The number of carbonyl (C=O) groups excluding carboxylic acids is 1. The van der Waals surface area contributed by atoms with E-state index in [0.717, 1.165) is 0 Å². The van der Waals surface area contributed by atoms with E-state index in [0.29, 0.717) is 34.9 Å². The van der Waals surface area contributed by atoms with Gasteiger partial charge in [-0.15, -0.1) is 0 Å². The molecule has 1 amide bonds. The second kappa shape index (κ2) is 9.20. The molecule has 0 aromatic heterocycles. The second-order valence-electron chi connectivity index (χ2n) is 6.72. The smallest absolute Gasteiger partial charge is 0.341 e. The minimum Gasteiger partial charge on any atom is -0.490 e. The first-order valence-electron chi connectivity index (χ1n) is 9.46. The third-order valence-corrected chi connectivity index (χ3v) is 5.33. The van der Waals surface area contributed by atoms with Gasteiger partial charge in [0.05, 0.1) is 28.5 Å². The molecular weight excluding hydrogens is 438 g/mol. The molecule has 0 unspecified atom stereocenters. The lowest BCUT2D eigenvalue weighted by Crippen LogP contribution is -2.21. The average molecular weight is 459 g/mol. The topological polar surface area (TPSA) is 149 Å². The quantitative estimate of drug-likeness (QED) is 0.574. The van der Waals surface area contributed by atoms with Crippen molar-refractivity contribution in [3.8, 4) is 11.5 Å². The molecule has 11 heteroatoms. The van der Waals surface area contributed by atoms with E-state index in [4.69, 9.17) is 19.7 Å². The van der Waals surface area contributed by atoms with Crippen LogP contribution < -0.4 is 19.6 Å². The first kappa shape index (κ1) is 23.0. The van der Waals surface area contributed by atoms with Crippen molar-refractivity contribution in [1.29, 1.82) is 0 Å². The number of hydrogen-bond acceptors (Lipinski definition) is 7. The zero-order valence-electron chi connectivity index (χ0n) is 17.3. The predicted molar refractivity (Wildman–Crippen MR) is 117 cm³/mol. The molecule has 32 heavy (non-hydrogen) atoms. The van der Waals surface area contributed by atoms with Crippen LogP contribution in [0.2, 0.25) is 0 Å². The molecule has 3 N–H and O–H groups in total. The highest BCUT2D eigenvalue weighted by Gasteiger charge is 2.29. The molecule has 2 aromatic carbocycles. The fourth-order valence-electron chi connectivity index (χ4n) is 2.94. The van der Waals surface area contributed by atoms with Crippen molar-refractivity contribution in [1.82, 2.24) is 0 Å². The molecule has 0 radical (unpaired) electrons. The summed E-state index contributed by atoms with van der Waals surface area (Å²) in [5.74, 6) is -0.885. The SMILES string of the molecule is CCOc1cc(/C=C2\C(=O)N(c3ccc(S(N)(=O)=O)cc3)N=C2C)ccc1OCC(=O)O. The lowest BCUT2D eigenvalue weighted by atomic mass is 10.1. The fraction of sp³-hybridized carbons (Fsp3) is 0.190. The van der Waals surface area contributed by atoms with Crippen LogP contribution in [-0.4, -0.2) is 44.3 Å². The number of hydrazone groups is 1. The van der Waals surface area contributed by atoms with Crippen molar-refractivity contribution in [2.45, 2.75) is 18.7 Å². The number of nitrogens with zero attached hydrogens (tertiary/aromatic N) is 2. The number of anilines is 1. The number of amides is 1. The zero-order chi connectivity index (χ0) is 23.5. The number of carboxylic acid groups (broad SMARTS) is 1. The number of nitrogens with two attached hydrogens (primary N) is 1. The van der Waals surface area contributed by atoms with E-state index >= 15 is 0 Å². The van der Waals surface area contributed by atoms with Crippen LogP contribution in [0.5, 0.6) is 11.5 Å². The standard InChI is InChI=1S/C21H21N3O7S/c1-3-30-19-11-14(4-9-18(19)31-12-20(25)26)10-17-13(2)23-24(21(17)27)15-5-7-16(8-6-15)32(22,28)29/h4-11H,3,12H2,1-2H3,(H,25,26)(H2,22,28,29)/b17-10-. The first-order valence-corrected chi connectivity index (χ1v) is 11.0. The van der Waals surface area contributed by atoms with Gasteiger partial charge in [0.1, 0.15) is 0 Å². The van der Waals surface area contributed by atoms with Crippen LogP contribution in [0.3, 0.4) is 0 Å². The highest BCUT2D eigenvalue weighted by Crippen LogP contribution is 2.31. The third-order valence-electron chi connectivity index (χ3n) is 4.40. The van der Waals surface area contributed by atoms with Crippen LogP contribution >= 0.6 is 0 Å². The lowest BCUT2D eigenvalue weighted by Gasteiger charge is -2.13. The van der Waals surface area contributed by atoms with Gasteiger partial charge in [0.15, 0.2) is 18.1 Å². The van der Waals surface area contributed by atoms with Gasteiger partial charge in [-0.2, -0.15) is 10.1 Å². The lowest BCUT2D eigenvalue weighted by molar-refractivity contribution is -0.139. The van der Waals surface area contributed by atoms with Crippen LogP contribution in [0.1, 0.15) is 19.4 Å². The first-order chi connectivity index (χ1) is 15.1. The van der Waals surface area contributed by atoms with Crippen LogP contribution in [0.15, 0.2) is 58.0 Å². The summed E-state index contributed by atoms with van der Waals surface area (Å²) in [6, 6.07) is 10.4. The summed E-state index contributed by atoms with van der Waals surface area (Å²) in [5.41, 5.74) is 1.81. The average Bonchev–Trinajstić information content (AvgIpc) is 3.01. The van der Waals surface area contributed by atoms with E-state index < -0.39 is 28.5 Å². The van der Waals surface area contributed by atoms with E-state index in [2.05, 4.69) is 5.10 Å². The van der Waals surface area contributed by atoms with Crippen molar-refractivity contribution in [2.75, 3.05) is 18.2 Å². The summed E-state index contributed by atoms with van der Waals surface area (Å²) in [7, 11) is -3.85. The molecule has 168 valence electrons. The summed E-state index contributed by atoms with van der Waals surface area (Å²) in [6.07, 6.45) is 1.63. The molecule has 0 spiro atoms. The summed E-state index contributed by atoms with van der Waals surface area (Å²) in [5, 5.41) is 19.3. The normalized spacial score (nSPS) is 15.1. The maximum absolute atomic E-state index is 12.9. The van der Waals surface area contributed by atoms with Crippen LogP contribution in [0, 0.1) is 0 Å². The number of ether oxygens (including phenoxy) is 2. The van der Waals surface area contributed by atoms with Crippen LogP contribution in [-0.2, 0) is 19.6 Å². The molecule has 0 aliphatic carbocycles. The molecule has 1 aliphatic heterocycles. The monoisotopic (exact) mass is 459 g/mol. The highest BCUT2D eigenvalue weighted by molar-refractivity contribution is 7.89. The Balaban J connectivity index is 1.88. The minimum absolute atomic E-state index is 0.0713. The number of carboxylic acids is 1. The van der Waals surface area contributed by atoms with Gasteiger partial charge in [0.25, 0.3) is 5.91 Å². The number of sulfonamides is 1. The number of aliphatic carboxylic acids is 1. The molecule has 1 aliphatic rings. The van der Waals surface area contributed by atoms with Gasteiger partial charge in [-0.25, -0.2) is 18.4 Å². The minimum atomic E-state index is -3.85. The van der Waals surface area contributed by atoms with Gasteiger partial charge in [-0.1, -0.05) is 6.07 Å². The molecule has 1 heterocycles. The molecule has 0 bridgehead atoms. The van der Waals surface area contributed by atoms with Crippen molar-refractivity contribution in [3.05, 3.63) is 53.6 Å². The number of carbonyl (C=O) groups is 2. The Hall–Kier alpha value is -3.70. The van der Waals surface area contributed by atoms with E-state index in [9.17, 15) is 18.0 Å². The Kier molecular flexibility index (Phi) is 6.61. The van der Waals surface area contributed by atoms with Gasteiger partial charge in [-0.3, -0.25) is 4.79 Å². The third kappa shape index (κ3) is 5.13. The van der Waals surface area contributed by atoms with Gasteiger partial charge in [0.2, 0.25) is 10.0 Å². The summed E-state index contributed by atoms with van der Waals surface area (Å²) in [4.78, 5) is 23.6. The van der Waals surface area contributed by atoms with Crippen molar-refractivity contribution in [3.63, 3.8) is 0 Å². The summed E-state index contributed by atoms with van der Waals surface area (Å²) < 4.78 is 33.6. The van der Waals surface area contributed by atoms with Gasteiger partial charge < -0.3 is 14.6 Å². The molecule has 2 aromatic rings. The van der Waals surface area contributed by atoms with Crippen LogP contribution in [0.25, 0.3) is 6.08 Å². The number of primary sulfonamides is 1. The van der Waals surface area contributed by atoms with Gasteiger partial charge in [-0.05, 0) is 61.9 Å². The van der Waals surface area contributed by atoms with Gasteiger partial charge >= 0.3 is 5.97 Å². The van der Waals surface area contributed by atoms with E-state index in [1.165, 1.54) is 29.3 Å². The Labute approximate surface area is 184 Å². The van der Waals surface area contributed by atoms with Crippen molar-refractivity contribution < 1.29 is 32.6 Å². The molecule has 10 nitrogen and oxygen atoms in total. The second-order valence-corrected chi connectivity index (χ2v) is 8.28. The Morgan fingerprint density at radius 2 is 1.84 bits per heavy atom. The Bertz CT molecular complexity index is 1220. The highest BCUT2D eigenvalue weighted by atomic mass is 32.2. The summed E-state index contributed by atoms with van der Waals surface area (Å²) >= 11 is 0.